The zero-order chi connectivity index (χ0) is 10.7. The van der Waals surface area contributed by atoms with Crippen molar-refractivity contribution in [1.82, 2.24) is 10.3 Å². The van der Waals surface area contributed by atoms with Crippen LogP contribution in [-0.4, -0.2) is 18.1 Å². The van der Waals surface area contributed by atoms with Gasteiger partial charge in [-0.1, -0.05) is 0 Å². The van der Waals surface area contributed by atoms with Crippen molar-refractivity contribution in [3.05, 3.63) is 28.5 Å². The Labute approximate surface area is 98.6 Å². The van der Waals surface area contributed by atoms with E-state index in [9.17, 15) is 0 Å². The van der Waals surface area contributed by atoms with Crippen molar-refractivity contribution in [2.75, 3.05) is 13.1 Å². The molecule has 4 heteroatoms. The minimum Gasteiger partial charge on any atom is -0.324 e. The Kier molecular flexibility index (Phi) is 3.72. The fourth-order valence-electron chi connectivity index (χ4n) is 2.10. The van der Waals surface area contributed by atoms with Crippen LogP contribution < -0.4 is 11.1 Å². The van der Waals surface area contributed by atoms with Crippen LogP contribution in [0.2, 0.25) is 0 Å². The van der Waals surface area contributed by atoms with Gasteiger partial charge in [0.1, 0.15) is 4.60 Å². The average Bonchev–Trinajstić information content (AvgIpc) is 2.29. The van der Waals surface area contributed by atoms with E-state index in [-0.39, 0.29) is 6.04 Å². The van der Waals surface area contributed by atoms with E-state index in [1.807, 2.05) is 12.1 Å². The Bertz CT molecular complexity index is 323. The van der Waals surface area contributed by atoms with Gasteiger partial charge in [-0.25, -0.2) is 4.98 Å². The molecule has 0 spiro atoms. The number of nitrogens with two attached hydrogens (primary N) is 1. The molecule has 0 radical (unpaired) electrons. The van der Waals surface area contributed by atoms with Gasteiger partial charge in [-0.15, -0.1) is 0 Å². The maximum Gasteiger partial charge on any atom is 0.106 e. The van der Waals surface area contributed by atoms with Gasteiger partial charge < -0.3 is 11.1 Å². The molecule has 0 aromatic carbocycles. The number of nitrogens with one attached hydrogen (secondary N) is 1. The molecule has 2 heterocycles. The van der Waals surface area contributed by atoms with Crippen LogP contribution in [0.15, 0.2) is 22.9 Å². The highest BCUT2D eigenvalue weighted by Crippen LogP contribution is 2.27. The molecule has 0 amide bonds. The highest BCUT2D eigenvalue weighted by atomic mass is 79.9. The molecule has 1 atom stereocenters. The molecule has 1 saturated heterocycles. The van der Waals surface area contributed by atoms with Gasteiger partial charge in [-0.3, -0.25) is 0 Å². The Morgan fingerprint density at radius 3 is 2.87 bits per heavy atom. The maximum absolute atomic E-state index is 6.26. The largest absolute Gasteiger partial charge is 0.324 e. The molecule has 0 saturated carbocycles. The topological polar surface area (TPSA) is 50.9 Å². The van der Waals surface area contributed by atoms with Gasteiger partial charge in [0.2, 0.25) is 0 Å². The molecule has 15 heavy (non-hydrogen) atoms. The summed E-state index contributed by atoms with van der Waals surface area (Å²) < 4.78 is 0.865. The van der Waals surface area contributed by atoms with E-state index in [1.54, 1.807) is 6.20 Å². The van der Waals surface area contributed by atoms with E-state index in [0.717, 1.165) is 17.7 Å². The summed E-state index contributed by atoms with van der Waals surface area (Å²) in [6, 6.07) is 4.18. The van der Waals surface area contributed by atoms with Gasteiger partial charge in [0.15, 0.2) is 0 Å². The third-order valence-electron chi connectivity index (χ3n) is 3.03. The molecule has 3 N–H and O–H groups in total. The monoisotopic (exact) mass is 269 g/mol. The van der Waals surface area contributed by atoms with Crippen molar-refractivity contribution in [3.8, 4) is 0 Å². The van der Waals surface area contributed by atoms with Crippen molar-refractivity contribution in [1.29, 1.82) is 0 Å². The third kappa shape index (κ3) is 2.77. The molecule has 0 aliphatic carbocycles. The first-order chi connectivity index (χ1) is 7.27. The predicted molar refractivity (Wildman–Crippen MR) is 64.5 cm³/mol. The minimum atomic E-state index is 0.145. The minimum absolute atomic E-state index is 0.145. The lowest BCUT2D eigenvalue weighted by molar-refractivity contribution is 0.322. The molecule has 82 valence electrons. The van der Waals surface area contributed by atoms with E-state index in [1.165, 1.54) is 18.4 Å². The van der Waals surface area contributed by atoms with E-state index >= 15 is 0 Å². The second-order valence-corrected chi connectivity index (χ2v) is 4.84. The molecule has 1 aromatic rings. The lowest BCUT2D eigenvalue weighted by Crippen LogP contribution is -2.33. The Balaban J connectivity index is 2.08. The van der Waals surface area contributed by atoms with Gasteiger partial charge in [0.25, 0.3) is 0 Å². The lowest BCUT2D eigenvalue weighted by atomic mass is 9.87. The number of piperidine rings is 1. The van der Waals surface area contributed by atoms with E-state index < -0.39 is 0 Å². The number of nitrogens with zero attached hydrogens (tertiary/aromatic N) is 1. The number of hydrogen-bond donors (Lipinski definition) is 2. The van der Waals surface area contributed by atoms with Crippen molar-refractivity contribution in [3.63, 3.8) is 0 Å². The molecule has 0 unspecified atom stereocenters. The SMILES string of the molecule is N[C@@H](c1ccnc(Br)c1)C1CCNCC1. The zero-order valence-corrected chi connectivity index (χ0v) is 10.2. The van der Waals surface area contributed by atoms with Crippen LogP contribution in [0.3, 0.4) is 0 Å². The van der Waals surface area contributed by atoms with Gasteiger partial charge >= 0.3 is 0 Å². The summed E-state index contributed by atoms with van der Waals surface area (Å²) in [5.41, 5.74) is 7.45. The second kappa shape index (κ2) is 5.05. The van der Waals surface area contributed by atoms with Crippen LogP contribution in [0.5, 0.6) is 0 Å². The van der Waals surface area contributed by atoms with Gasteiger partial charge in [-0.2, -0.15) is 0 Å². The first-order valence-electron chi connectivity index (χ1n) is 5.35. The Hall–Kier alpha value is -0.450. The zero-order valence-electron chi connectivity index (χ0n) is 8.62. The summed E-state index contributed by atoms with van der Waals surface area (Å²) in [6.45, 7) is 2.18. The van der Waals surface area contributed by atoms with Crippen LogP contribution >= 0.6 is 15.9 Å². The molecule has 3 nitrogen and oxygen atoms in total. The molecule has 1 fully saturated rings. The molecule has 0 bridgehead atoms. The van der Waals surface area contributed by atoms with Gasteiger partial charge in [0, 0.05) is 12.2 Å². The van der Waals surface area contributed by atoms with Gasteiger partial charge in [0.05, 0.1) is 0 Å². The fourth-order valence-corrected chi connectivity index (χ4v) is 2.48. The quantitative estimate of drug-likeness (QED) is 0.806. The molecule has 1 aromatic heterocycles. The molecule has 1 aliphatic heterocycles. The van der Waals surface area contributed by atoms with Crippen LogP contribution in [-0.2, 0) is 0 Å². The fraction of sp³-hybridized carbons (Fsp3) is 0.545. The standard InChI is InChI=1S/C11H16BrN3/c12-10-7-9(3-6-15-10)11(13)8-1-4-14-5-2-8/h3,6-8,11,14H,1-2,4-5,13H2/t11-/m1/s1. The van der Waals surface area contributed by atoms with Crippen LogP contribution in [0.1, 0.15) is 24.4 Å². The van der Waals surface area contributed by atoms with Crippen molar-refractivity contribution < 1.29 is 0 Å². The van der Waals surface area contributed by atoms with Crippen LogP contribution in [0.25, 0.3) is 0 Å². The first kappa shape index (κ1) is 11.0. The highest BCUT2D eigenvalue weighted by molar-refractivity contribution is 9.10. The number of halogens is 1. The summed E-state index contributed by atoms with van der Waals surface area (Å²) in [5.74, 6) is 0.598. The van der Waals surface area contributed by atoms with Crippen molar-refractivity contribution in [2.24, 2.45) is 11.7 Å². The normalized spacial score (nSPS) is 20.1. The molecular weight excluding hydrogens is 254 g/mol. The summed E-state index contributed by atoms with van der Waals surface area (Å²) >= 11 is 3.38. The molecule has 1 aliphatic rings. The van der Waals surface area contributed by atoms with Crippen molar-refractivity contribution in [2.45, 2.75) is 18.9 Å². The van der Waals surface area contributed by atoms with E-state index in [2.05, 4.69) is 26.2 Å². The average molecular weight is 270 g/mol. The van der Waals surface area contributed by atoms with Gasteiger partial charge in [-0.05, 0) is 65.5 Å². The summed E-state index contributed by atoms with van der Waals surface area (Å²) in [6.07, 6.45) is 4.14. The van der Waals surface area contributed by atoms with Crippen LogP contribution in [0, 0.1) is 5.92 Å². The Morgan fingerprint density at radius 1 is 1.47 bits per heavy atom. The van der Waals surface area contributed by atoms with Crippen molar-refractivity contribution >= 4 is 15.9 Å². The predicted octanol–water partition coefficient (Wildman–Crippen LogP) is 1.84. The lowest BCUT2D eigenvalue weighted by Gasteiger charge is -2.28. The second-order valence-electron chi connectivity index (χ2n) is 4.03. The van der Waals surface area contributed by atoms with E-state index in [4.69, 9.17) is 5.73 Å². The molecular formula is C11H16BrN3. The highest BCUT2D eigenvalue weighted by Gasteiger charge is 2.21. The first-order valence-corrected chi connectivity index (χ1v) is 6.14. The summed E-state index contributed by atoms with van der Waals surface area (Å²) in [5, 5.41) is 3.36. The van der Waals surface area contributed by atoms with Crippen LogP contribution in [0.4, 0.5) is 0 Å². The number of hydrogen-bond acceptors (Lipinski definition) is 3. The number of pyridine rings is 1. The van der Waals surface area contributed by atoms with E-state index in [0.29, 0.717) is 5.92 Å². The number of rotatable bonds is 2. The number of aromatic nitrogens is 1. The summed E-state index contributed by atoms with van der Waals surface area (Å²) in [7, 11) is 0. The summed E-state index contributed by atoms with van der Waals surface area (Å²) in [4.78, 5) is 4.12. The Morgan fingerprint density at radius 2 is 2.20 bits per heavy atom. The third-order valence-corrected chi connectivity index (χ3v) is 3.46. The smallest absolute Gasteiger partial charge is 0.106 e. The maximum atomic E-state index is 6.26. The molecule has 2 rings (SSSR count).